The van der Waals surface area contributed by atoms with Gasteiger partial charge in [-0.15, -0.1) is 0 Å². The molecular formula is C28H31NO5S. The van der Waals surface area contributed by atoms with E-state index >= 15 is 0 Å². The van der Waals surface area contributed by atoms with Gasteiger partial charge in [-0.25, -0.2) is 8.42 Å². The van der Waals surface area contributed by atoms with E-state index in [-0.39, 0.29) is 24.3 Å². The first-order chi connectivity index (χ1) is 16.9. The monoisotopic (exact) mass is 493 g/mol. The predicted molar refractivity (Wildman–Crippen MR) is 135 cm³/mol. The molecule has 3 aromatic carbocycles. The van der Waals surface area contributed by atoms with Crippen molar-refractivity contribution >= 4 is 15.8 Å². The summed E-state index contributed by atoms with van der Waals surface area (Å²) in [5.74, 6) is -0.0977. The van der Waals surface area contributed by atoms with Crippen molar-refractivity contribution in [1.29, 1.82) is 0 Å². The van der Waals surface area contributed by atoms with Gasteiger partial charge in [0.25, 0.3) is 0 Å². The van der Waals surface area contributed by atoms with Crippen LogP contribution in [0.5, 0.6) is 5.75 Å². The van der Waals surface area contributed by atoms with E-state index in [1.807, 2.05) is 60.7 Å². The average molecular weight is 494 g/mol. The summed E-state index contributed by atoms with van der Waals surface area (Å²) in [5.41, 5.74) is 2.18. The van der Waals surface area contributed by atoms with Crippen molar-refractivity contribution in [3.8, 4) is 5.75 Å². The normalized spacial score (nSPS) is 15.9. The quantitative estimate of drug-likeness (QED) is 0.405. The van der Waals surface area contributed by atoms with Gasteiger partial charge in [0.1, 0.15) is 12.4 Å². The molecule has 0 atom stereocenters. The van der Waals surface area contributed by atoms with Gasteiger partial charge in [0.2, 0.25) is 0 Å². The highest BCUT2D eigenvalue weighted by molar-refractivity contribution is 7.93. The summed E-state index contributed by atoms with van der Waals surface area (Å²) in [4.78, 5) is 15.4. The lowest BCUT2D eigenvalue weighted by Gasteiger charge is -2.39. The van der Waals surface area contributed by atoms with Crippen LogP contribution in [0.1, 0.15) is 30.9 Å². The Bertz CT molecular complexity index is 1200. The standard InChI is InChI=1S/C28H31NO5S/c1-2-33-27(30)28(17-19-29(20-18-28)21-23-9-5-3-6-10-23)35(31,32)26-15-13-25(14-16-26)34-22-24-11-7-4-8-12-24/h3-16H,2,17-22H2,1H3. The first-order valence-electron chi connectivity index (χ1n) is 11.9. The van der Waals surface area contributed by atoms with E-state index in [1.165, 1.54) is 12.1 Å². The molecule has 0 aliphatic carbocycles. The van der Waals surface area contributed by atoms with Crippen LogP contribution in [0.4, 0.5) is 0 Å². The van der Waals surface area contributed by atoms with Crippen molar-refractivity contribution in [3.05, 3.63) is 96.1 Å². The molecule has 1 aliphatic heterocycles. The zero-order valence-corrected chi connectivity index (χ0v) is 20.7. The van der Waals surface area contributed by atoms with Crippen LogP contribution in [-0.2, 0) is 32.5 Å². The van der Waals surface area contributed by atoms with Crippen LogP contribution >= 0.6 is 0 Å². The van der Waals surface area contributed by atoms with Gasteiger partial charge >= 0.3 is 5.97 Å². The summed E-state index contributed by atoms with van der Waals surface area (Å²) in [5, 5.41) is 0. The summed E-state index contributed by atoms with van der Waals surface area (Å²) in [6.45, 7) is 3.92. The molecule has 0 saturated carbocycles. The molecule has 0 amide bonds. The SMILES string of the molecule is CCOC(=O)C1(S(=O)(=O)c2ccc(OCc3ccccc3)cc2)CCN(Cc2ccccc2)CC1. The van der Waals surface area contributed by atoms with Crippen LogP contribution in [0.2, 0.25) is 0 Å². The van der Waals surface area contributed by atoms with Crippen LogP contribution in [0.3, 0.4) is 0 Å². The molecule has 0 unspecified atom stereocenters. The van der Waals surface area contributed by atoms with Gasteiger partial charge in [0.05, 0.1) is 11.5 Å². The number of piperidine rings is 1. The topological polar surface area (TPSA) is 72.9 Å². The number of sulfone groups is 1. The Morgan fingerprint density at radius 2 is 1.43 bits per heavy atom. The minimum atomic E-state index is -3.98. The maximum absolute atomic E-state index is 13.8. The van der Waals surface area contributed by atoms with Gasteiger partial charge in [-0.1, -0.05) is 60.7 Å². The molecule has 0 bridgehead atoms. The van der Waals surface area contributed by atoms with Crippen LogP contribution in [0, 0.1) is 0 Å². The Balaban J connectivity index is 1.50. The van der Waals surface area contributed by atoms with Crippen molar-refractivity contribution in [3.63, 3.8) is 0 Å². The van der Waals surface area contributed by atoms with E-state index in [2.05, 4.69) is 4.90 Å². The molecule has 0 aromatic heterocycles. The number of hydrogen-bond acceptors (Lipinski definition) is 6. The van der Waals surface area contributed by atoms with E-state index in [1.54, 1.807) is 19.1 Å². The molecule has 1 aliphatic rings. The van der Waals surface area contributed by atoms with Gasteiger partial charge in [-0.2, -0.15) is 0 Å². The number of esters is 1. The third-order valence-corrected chi connectivity index (χ3v) is 8.95. The maximum Gasteiger partial charge on any atom is 0.327 e. The fourth-order valence-electron chi connectivity index (χ4n) is 4.44. The van der Waals surface area contributed by atoms with E-state index in [0.29, 0.717) is 32.0 Å². The van der Waals surface area contributed by atoms with Crippen molar-refractivity contribution in [2.75, 3.05) is 19.7 Å². The highest BCUT2D eigenvalue weighted by Gasteiger charge is 2.54. The molecule has 1 fully saturated rings. The molecule has 0 spiro atoms. The van der Waals surface area contributed by atoms with Gasteiger partial charge in [0.15, 0.2) is 14.6 Å². The largest absolute Gasteiger partial charge is 0.489 e. The van der Waals surface area contributed by atoms with Crippen LogP contribution in [0.25, 0.3) is 0 Å². The zero-order valence-electron chi connectivity index (χ0n) is 19.9. The Hall–Kier alpha value is -3.16. The first kappa shape index (κ1) is 24.9. The highest BCUT2D eigenvalue weighted by atomic mass is 32.2. The number of carbonyl (C=O) groups excluding carboxylic acids is 1. The molecular weight excluding hydrogens is 462 g/mol. The first-order valence-corrected chi connectivity index (χ1v) is 13.4. The number of carbonyl (C=O) groups is 1. The second-order valence-electron chi connectivity index (χ2n) is 8.73. The maximum atomic E-state index is 13.8. The molecule has 35 heavy (non-hydrogen) atoms. The molecule has 184 valence electrons. The van der Waals surface area contributed by atoms with E-state index in [9.17, 15) is 13.2 Å². The molecule has 1 saturated heterocycles. The van der Waals surface area contributed by atoms with Gasteiger partial charge in [0, 0.05) is 19.6 Å². The molecule has 4 rings (SSSR count). The summed E-state index contributed by atoms with van der Waals surface area (Å²) < 4.78 is 37.1. The Morgan fingerprint density at radius 3 is 2.00 bits per heavy atom. The number of nitrogens with zero attached hydrogens (tertiary/aromatic N) is 1. The van der Waals surface area contributed by atoms with E-state index in [4.69, 9.17) is 9.47 Å². The lowest BCUT2D eigenvalue weighted by atomic mass is 9.95. The minimum Gasteiger partial charge on any atom is -0.489 e. The smallest absolute Gasteiger partial charge is 0.327 e. The second-order valence-corrected chi connectivity index (χ2v) is 11.0. The lowest BCUT2D eigenvalue weighted by Crippen LogP contribution is -2.54. The zero-order chi connectivity index (χ0) is 24.7. The number of ether oxygens (including phenoxy) is 2. The number of likely N-dealkylation sites (tertiary alicyclic amines) is 1. The molecule has 6 nitrogen and oxygen atoms in total. The van der Waals surface area contributed by atoms with Crippen molar-refractivity contribution in [2.24, 2.45) is 0 Å². The van der Waals surface area contributed by atoms with Gasteiger partial charge in [-0.05, 0) is 55.2 Å². The van der Waals surface area contributed by atoms with Crippen molar-refractivity contribution in [2.45, 2.75) is 42.6 Å². The fourth-order valence-corrected chi connectivity index (χ4v) is 6.38. The fraction of sp³-hybridized carbons (Fsp3) is 0.321. The highest BCUT2D eigenvalue weighted by Crippen LogP contribution is 2.37. The Kier molecular flexibility index (Phi) is 7.88. The lowest BCUT2D eigenvalue weighted by molar-refractivity contribution is -0.147. The number of hydrogen-bond donors (Lipinski definition) is 0. The number of rotatable bonds is 9. The third-order valence-electron chi connectivity index (χ3n) is 6.46. The predicted octanol–water partition coefficient (Wildman–Crippen LogP) is 4.64. The van der Waals surface area contributed by atoms with Crippen molar-refractivity contribution in [1.82, 2.24) is 4.90 Å². The second kappa shape index (κ2) is 11.1. The average Bonchev–Trinajstić information content (AvgIpc) is 2.89. The summed E-state index contributed by atoms with van der Waals surface area (Å²) in [7, 11) is -3.98. The van der Waals surface area contributed by atoms with E-state index in [0.717, 1.165) is 11.1 Å². The Morgan fingerprint density at radius 1 is 0.857 bits per heavy atom. The van der Waals surface area contributed by atoms with Gasteiger partial charge < -0.3 is 9.47 Å². The van der Waals surface area contributed by atoms with E-state index < -0.39 is 20.6 Å². The van der Waals surface area contributed by atoms with Crippen LogP contribution < -0.4 is 4.74 Å². The van der Waals surface area contributed by atoms with Crippen LogP contribution in [-0.4, -0.2) is 43.7 Å². The van der Waals surface area contributed by atoms with Gasteiger partial charge in [-0.3, -0.25) is 9.69 Å². The molecule has 0 N–H and O–H groups in total. The van der Waals surface area contributed by atoms with Crippen LogP contribution in [0.15, 0.2) is 89.8 Å². The number of benzene rings is 3. The summed E-state index contributed by atoms with van der Waals surface area (Å²) >= 11 is 0. The minimum absolute atomic E-state index is 0.106. The summed E-state index contributed by atoms with van der Waals surface area (Å²) in [6, 6.07) is 26.1. The third kappa shape index (κ3) is 5.57. The molecule has 1 heterocycles. The van der Waals surface area contributed by atoms with Crippen molar-refractivity contribution < 1.29 is 22.7 Å². The molecule has 3 aromatic rings. The summed E-state index contributed by atoms with van der Waals surface area (Å²) in [6.07, 6.45) is 0.376. The molecule has 7 heteroatoms. The molecule has 0 radical (unpaired) electrons. The Labute approximate surface area is 207 Å².